The number of ether oxygens (including phenoxy) is 1. The first-order chi connectivity index (χ1) is 9.58. The molecule has 0 aliphatic heterocycles. The lowest BCUT2D eigenvalue weighted by Crippen LogP contribution is -2.15. The van der Waals surface area contributed by atoms with Crippen LogP contribution in [0, 0.1) is 0 Å². The van der Waals surface area contributed by atoms with E-state index in [0.717, 1.165) is 38.5 Å². The summed E-state index contributed by atoms with van der Waals surface area (Å²) in [6, 6.07) is 0. The summed E-state index contributed by atoms with van der Waals surface area (Å²) < 4.78 is 5.19. The number of hydrogen-bond acceptors (Lipinski definition) is 3. The Morgan fingerprint density at radius 2 is 1.35 bits per heavy atom. The van der Waals surface area contributed by atoms with Crippen LogP contribution in [0.3, 0.4) is 0 Å². The van der Waals surface area contributed by atoms with Gasteiger partial charge in [0.05, 0.1) is 6.61 Å². The van der Waals surface area contributed by atoms with Gasteiger partial charge in [0.2, 0.25) is 0 Å². The minimum atomic E-state index is -0.989. The van der Waals surface area contributed by atoms with Crippen LogP contribution in [0.5, 0.6) is 0 Å². The van der Waals surface area contributed by atoms with E-state index in [1.807, 2.05) is 20.8 Å². The molecule has 0 aromatic heterocycles. The van der Waals surface area contributed by atoms with Crippen LogP contribution in [-0.4, -0.2) is 23.7 Å². The van der Waals surface area contributed by atoms with Gasteiger partial charge in [-0.15, -0.1) is 0 Å². The molecule has 0 saturated heterocycles. The van der Waals surface area contributed by atoms with Crippen molar-refractivity contribution >= 4 is 11.9 Å². The van der Waals surface area contributed by atoms with Crippen molar-refractivity contribution in [3.63, 3.8) is 0 Å². The maximum Gasteiger partial charge on any atom is 0.334 e. The van der Waals surface area contributed by atoms with Crippen LogP contribution in [-0.2, 0) is 14.3 Å². The molecule has 4 nitrogen and oxygen atoms in total. The molecule has 0 heterocycles. The number of unbranched alkanes of at least 4 members (excludes halogenated alkanes) is 3. The fraction of sp³-hybridized carbons (Fsp3) is 0.750. The van der Waals surface area contributed by atoms with Crippen LogP contribution in [0.4, 0.5) is 0 Å². The third kappa shape index (κ3) is 7.31. The Kier molecular flexibility index (Phi) is 10.7. The number of rotatable bonds is 11. The minimum Gasteiger partial charge on any atom is -0.478 e. The Bertz CT molecular complexity index is 331. The van der Waals surface area contributed by atoms with Gasteiger partial charge in [-0.25, -0.2) is 9.59 Å². The third-order valence-corrected chi connectivity index (χ3v) is 3.16. The van der Waals surface area contributed by atoms with Gasteiger partial charge in [-0.05, 0) is 32.1 Å². The van der Waals surface area contributed by atoms with Gasteiger partial charge in [0, 0.05) is 11.1 Å². The molecule has 0 saturated carbocycles. The summed E-state index contributed by atoms with van der Waals surface area (Å²) in [7, 11) is 0. The van der Waals surface area contributed by atoms with Crippen molar-refractivity contribution in [2.75, 3.05) is 6.61 Å². The van der Waals surface area contributed by atoms with E-state index < -0.39 is 11.9 Å². The van der Waals surface area contributed by atoms with Crippen LogP contribution in [0.2, 0.25) is 0 Å². The van der Waals surface area contributed by atoms with E-state index >= 15 is 0 Å². The van der Waals surface area contributed by atoms with Crippen molar-refractivity contribution in [2.45, 2.75) is 72.1 Å². The van der Waals surface area contributed by atoms with Gasteiger partial charge in [0.15, 0.2) is 0 Å². The third-order valence-electron chi connectivity index (χ3n) is 3.16. The van der Waals surface area contributed by atoms with Crippen LogP contribution in [0.15, 0.2) is 11.1 Å². The molecule has 0 aromatic carbocycles. The first-order valence-electron chi connectivity index (χ1n) is 7.70. The molecule has 0 aliphatic carbocycles. The molecule has 0 aliphatic rings. The quantitative estimate of drug-likeness (QED) is 0.352. The summed E-state index contributed by atoms with van der Waals surface area (Å²) >= 11 is 0. The van der Waals surface area contributed by atoms with E-state index in [1.54, 1.807) is 0 Å². The Hall–Kier alpha value is -1.32. The maximum atomic E-state index is 12.1. The SMILES string of the molecule is CCCCOC(=O)/C(CCCC)=C(\CCCC)C(=O)O. The molecule has 0 spiro atoms. The smallest absolute Gasteiger partial charge is 0.334 e. The van der Waals surface area contributed by atoms with E-state index in [-0.39, 0.29) is 5.57 Å². The number of aliphatic carboxylic acids is 1. The number of carboxylic acid groups (broad SMARTS) is 1. The summed E-state index contributed by atoms with van der Waals surface area (Å²) in [5, 5.41) is 9.32. The topological polar surface area (TPSA) is 63.6 Å². The minimum absolute atomic E-state index is 0.238. The number of carbonyl (C=O) groups excluding carboxylic acids is 1. The first-order valence-corrected chi connectivity index (χ1v) is 7.70. The summed E-state index contributed by atoms with van der Waals surface area (Å²) in [5.74, 6) is -1.43. The second-order valence-electron chi connectivity index (χ2n) is 4.96. The largest absolute Gasteiger partial charge is 0.478 e. The highest BCUT2D eigenvalue weighted by Crippen LogP contribution is 2.20. The Balaban J connectivity index is 5.02. The highest BCUT2D eigenvalue weighted by molar-refractivity contribution is 5.99. The molecule has 0 radical (unpaired) electrons. The van der Waals surface area contributed by atoms with Crippen molar-refractivity contribution in [2.24, 2.45) is 0 Å². The summed E-state index contributed by atoms with van der Waals surface area (Å²) in [4.78, 5) is 23.5. The summed E-state index contributed by atoms with van der Waals surface area (Å²) in [5.41, 5.74) is 0.603. The van der Waals surface area contributed by atoms with Crippen molar-refractivity contribution in [1.29, 1.82) is 0 Å². The van der Waals surface area contributed by atoms with Gasteiger partial charge in [-0.3, -0.25) is 0 Å². The standard InChI is InChI=1S/C16H28O4/c1-4-7-10-13(15(17)18)14(11-8-5-2)16(19)20-12-9-6-3/h4-12H2,1-3H3,(H,17,18)/b14-13+. The maximum absolute atomic E-state index is 12.1. The Morgan fingerprint density at radius 3 is 1.80 bits per heavy atom. The zero-order chi connectivity index (χ0) is 15.4. The molecule has 4 heteroatoms. The molecule has 1 N–H and O–H groups in total. The zero-order valence-electron chi connectivity index (χ0n) is 13.0. The van der Waals surface area contributed by atoms with Gasteiger partial charge >= 0.3 is 11.9 Å². The van der Waals surface area contributed by atoms with Gasteiger partial charge in [0.1, 0.15) is 0 Å². The van der Waals surface area contributed by atoms with Crippen molar-refractivity contribution in [1.82, 2.24) is 0 Å². The van der Waals surface area contributed by atoms with Crippen LogP contribution in [0.1, 0.15) is 72.1 Å². The normalized spacial score (nSPS) is 11.9. The monoisotopic (exact) mass is 284 g/mol. The molecule has 0 aromatic rings. The average Bonchev–Trinajstić information content (AvgIpc) is 2.42. The summed E-state index contributed by atoms with van der Waals surface area (Å²) in [6.07, 6.45) is 6.10. The Labute approximate surface area is 122 Å². The number of esters is 1. The highest BCUT2D eigenvalue weighted by atomic mass is 16.5. The average molecular weight is 284 g/mol. The molecule has 116 valence electrons. The lowest BCUT2D eigenvalue weighted by Gasteiger charge is -2.12. The highest BCUT2D eigenvalue weighted by Gasteiger charge is 2.20. The van der Waals surface area contributed by atoms with Gasteiger partial charge < -0.3 is 9.84 Å². The van der Waals surface area contributed by atoms with E-state index in [9.17, 15) is 14.7 Å². The first kappa shape index (κ1) is 18.7. The molecule has 0 amide bonds. The van der Waals surface area contributed by atoms with Crippen molar-refractivity contribution in [3.05, 3.63) is 11.1 Å². The molecule has 0 atom stereocenters. The molecule has 0 bridgehead atoms. The van der Waals surface area contributed by atoms with Crippen LogP contribution in [0.25, 0.3) is 0 Å². The molecule has 20 heavy (non-hydrogen) atoms. The molecular weight excluding hydrogens is 256 g/mol. The predicted octanol–water partition coefficient (Wildman–Crippen LogP) is 4.09. The van der Waals surface area contributed by atoms with E-state index in [0.29, 0.717) is 25.0 Å². The molecule has 0 unspecified atom stereocenters. The lowest BCUT2D eigenvalue weighted by molar-refractivity contribution is -0.140. The predicted molar refractivity (Wildman–Crippen MR) is 79.6 cm³/mol. The second-order valence-corrected chi connectivity index (χ2v) is 4.96. The number of hydrogen-bond donors (Lipinski definition) is 1. The van der Waals surface area contributed by atoms with E-state index in [1.165, 1.54) is 0 Å². The molecular formula is C16H28O4. The van der Waals surface area contributed by atoms with Crippen molar-refractivity contribution < 1.29 is 19.4 Å². The Morgan fingerprint density at radius 1 is 0.850 bits per heavy atom. The van der Waals surface area contributed by atoms with Gasteiger partial charge in [-0.1, -0.05) is 40.0 Å². The van der Waals surface area contributed by atoms with Gasteiger partial charge in [-0.2, -0.15) is 0 Å². The van der Waals surface area contributed by atoms with Crippen LogP contribution >= 0.6 is 0 Å². The summed E-state index contributed by atoms with van der Waals surface area (Å²) in [6.45, 7) is 6.41. The van der Waals surface area contributed by atoms with Crippen molar-refractivity contribution in [3.8, 4) is 0 Å². The number of carboxylic acids is 1. The lowest BCUT2D eigenvalue weighted by atomic mass is 9.98. The van der Waals surface area contributed by atoms with Gasteiger partial charge in [0.25, 0.3) is 0 Å². The second kappa shape index (κ2) is 11.5. The molecule has 0 fully saturated rings. The molecule has 0 rings (SSSR count). The number of carbonyl (C=O) groups is 2. The zero-order valence-corrected chi connectivity index (χ0v) is 13.0. The van der Waals surface area contributed by atoms with Crippen LogP contribution < -0.4 is 0 Å². The van der Waals surface area contributed by atoms with E-state index in [4.69, 9.17) is 4.74 Å². The fourth-order valence-corrected chi connectivity index (χ4v) is 1.87. The van der Waals surface area contributed by atoms with E-state index in [2.05, 4.69) is 0 Å². The fourth-order valence-electron chi connectivity index (χ4n) is 1.87.